The minimum Gasteiger partial charge on any atom is -0.481 e. The fourth-order valence-electron chi connectivity index (χ4n) is 1.71. The summed E-state index contributed by atoms with van der Waals surface area (Å²) in [4.78, 5) is 11.8. The predicted octanol–water partition coefficient (Wildman–Crippen LogP) is 4.50. The first-order valence-electron chi connectivity index (χ1n) is 6.47. The van der Waals surface area contributed by atoms with Gasteiger partial charge in [-0.2, -0.15) is 0 Å². The van der Waals surface area contributed by atoms with Crippen molar-refractivity contribution in [3.8, 4) is 11.5 Å². The number of nitrogens with one attached hydrogen (secondary N) is 1. The minimum atomic E-state index is -4.89. The summed E-state index contributed by atoms with van der Waals surface area (Å²) in [6, 6.07) is 9.02. The maximum absolute atomic E-state index is 13.5. The molecule has 0 bridgehead atoms. The fraction of sp³-hybridized carbons (Fsp3) is 0.133. The zero-order chi connectivity index (χ0) is 17.7. The minimum absolute atomic E-state index is 0.159. The summed E-state index contributed by atoms with van der Waals surface area (Å²) in [7, 11) is 0. The Morgan fingerprint density at radius 2 is 1.83 bits per heavy atom. The van der Waals surface area contributed by atoms with E-state index in [1.165, 1.54) is 30.3 Å². The van der Waals surface area contributed by atoms with Crippen LogP contribution in [0.3, 0.4) is 0 Å². The fourth-order valence-corrected chi connectivity index (χ4v) is 2.04. The number of halogens is 5. The summed E-state index contributed by atoms with van der Waals surface area (Å²) >= 11 is 3.07. The number of hydrogen-bond acceptors (Lipinski definition) is 3. The van der Waals surface area contributed by atoms with Gasteiger partial charge in [-0.1, -0.05) is 28.1 Å². The lowest BCUT2D eigenvalue weighted by molar-refractivity contribution is -0.274. The van der Waals surface area contributed by atoms with Gasteiger partial charge >= 0.3 is 6.36 Å². The number of alkyl halides is 3. The van der Waals surface area contributed by atoms with Gasteiger partial charge in [0, 0.05) is 4.47 Å². The Bertz CT molecular complexity index is 737. The van der Waals surface area contributed by atoms with E-state index in [0.717, 1.165) is 12.1 Å². The normalized spacial score (nSPS) is 11.0. The second kappa shape index (κ2) is 7.52. The Hall–Kier alpha value is -2.29. The maximum atomic E-state index is 13.5. The molecule has 1 N–H and O–H groups in total. The highest BCUT2D eigenvalue weighted by atomic mass is 79.9. The van der Waals surface area contributed by atoms with Crippen molar-refractivity contribution in [3.05, 3.63) is 52.8 Å². The largest absolute Gasteiger partial charge is 0.573 e. The van der Waals surface area contributed by atoms with E-state index in [0.29, 0.717) is 4.47 Å². The summed E-state index contributed by atoms with van der Waals surface area (Å²) in [5, 5.41) is 2.21. The van der Waals surface area contributed by atoms with Gasteiger partial charge in [0.1, 0.15) is 0 Å². The van der Waals surface area contributed by atoms with Gasteiger partial charge in [-0.3, -0.25) is 4.79 Å². The SMILES string of the molecule is O=C(COc1ccc(Br)cc1F)Nc1ccccc1OC(F)(F)F. The monoisotopic (exact) mass is 407 g/mol. The molecule has 0 radical (unpaired) electrons. The lowest BCUT2D eigenvalue weighted by Gasteiger charge is -2.14. The molecule has 0 heterocycles. The lowest BCUT2D eigenvalue weighted by atomic mass is 10.3. The highest BCUT2D eigenvalue weighted by Crippen LogP contribution is 2.30. The molecule has 0 fully saturated rings. The molecule has 24 heavy (non-hydrogen) atoms. The van der Waals surface area contributed by atoms with E-state index in [-0.39, 0.29) is 11.4 Å². The molecule has 2 rings (SSSR count). The van der Waals surface area contributed by atoms with Gasteiger partial charge in [0.05, 0.1) is 5.69 Å². The van der Waals surface area contributed by atoms with Gasteiger partial charge in [-0.15, -0.1) is 13.2 Å². The molecule has 1 amide bonds. The van der Waals surface area contributed by atoms with Crippen molar-refractivity contribution in [2.75, 3.05) is 11.9 Å². The van der Waals surface area contributed by atoms with Crippen LogP contribution in [0.4, 0.5) is 23.2 Å². The number of hydrogen-bond donors (Lipinski definition) is 1. The van der Waals surface area contributed by atoms with Gasteiger partial charge in [-0.25, -0.2) is 4.39 Å². The third kappa shape index (κ3) is 5.41. The van der Waals surface area contributed by atoms with Crippen LogP contribution in [0.15, 0.2) is 46.9 Å². The molecule has 0 unspecified atom stereocenters. The first-order chi connectivity index (χ1) is 11.2. The van der Waals surface area contributed by atoms with E-state index in [4.69, 9.17) is 4.74 Å². The van der Waals surface area contributed by atoms with Crippen LogP contribution >= 0.6 is 15.9 Å². The zero-order valence-corrected chi connectivity index (χ0v) is 13.4. The molecule has 0 saturated carbocycles. The summed E-state index contributed by atoms with van der Waals surface area (Å²) < 4.78 is 59.7. The molecule has 0 aliphatic rings. The Morgan fingerprint density at radius 3 is 2.50 bits per heavy atom. The standard InChI is InChI=1S/C15H10BrF4NO3/c16-9-5-6-12(10(17)7-9)23-8-14(22)21-11-3-1-2-4-13(11)24-15(18,19)20/h1-7H,8H2,(H,21,22). The van der Waals surface area contributed by atoms with E-state index >= 15 is 0 Å². The predicted molar refractivity (Wildman–Crippen MR) is 81.3 cm³/mol. The molecule has 0 saturated heterocycles. The number of para-hydroxylation sites is 2. The van der Waals surface area contributed by atoms with Crippen molar-refractivity contribution < 1.29 is 31.8 Å². The number of carbonyl (C=O) groups excluding carboxylic acids is 1. The summed E-state index contributed by atoms with van der Waals surface area (Å²) in [5.41, 5.74) is -0.181. The molecule has 0 aromatic heterocycles. The molecule has 128 valence electrons. The highest BCUT2D eigenvalue weighted by Gasteiger charge is 2.32. The molecule has 2 aromatic carbocycles. The summed E-state index contributed by atoms with van der Waals surface area (Å²) in [6.45, 7) is -0.584. The van der Waals surface area contributed by atoms with E-state index in [1.54, 1.807) is 0 Å². The van der Waals surface area contributed by atoms with Crippen LogP contribution in [0, 0.1) is 5.82 Å². The number of rotatable bonds is 5. The van der Waals surface area contributed by atoms with E-state index in [9.17, 15) is 22.4 Å². The van der Waals surface area contributed by atoms with Crippen LogP contribution in [-0.2, 0) is 4.79 Å². The van der Waals surface area contributed by atoms with Crippen LogP contribution < -0.4 is 14.8 Å². The highest BCUT2D eigenvalue weighted by molar-refractivity contribution is 9.10. The van der Waals surface area contributed by atoms with Crippen molar-refractivity contribution in [1.29, 1.82) is 0 Å². The molecule has 0 aliphatic heterocycles. The maximum Gasteiger partial charge on any atom is 0.573 e. The van der Waals surface area contributed by atoms with Crippen LogP contribution in [0.5, 0.6) is 11.5 Å². The summed E-state index contributed by atoms with van der Waals surface area (Å²) in [6.07, 6.45) is -4.89. The molecule has 0 aliphatic carbocycles. The Balaban J connectivity index is 2.00. The third-order valence-electron chi connectivity index (χ3n) is 2.64. The van der Waals surface area contributed by atoms with Crippen LogP contribution in [-0.4, -0.2) is 18.9 Å². The van der Waals surface area contributed by atoms with Gasteiger partial charge < -0.3 is 14.8 Å². The van der Waals surface area contributed by atoms with Crippen molar-refractivity contribution in [2.45, 2.75) is 6.36 Å². The van der Waals surface area contributed by atoms with Crippen molar-refractivity contribution >= 4 is 27.5 Å². The van der Waals surface area contributed by atoms with Crippen LogP contribution in [0.25, 0.3) is 0 Å². The van der Waals surface area contributed by atoms with Crippen molar-refractivity contribution in [3.63, 3.8) is 0 Å². The molecule has 2 aromatic rings. The average molecular weight is 408 g/mol. The number of amides is 1. The third-order valence-corrected chi connectivity index (χ3v) is 3.13. The number of anilines is 1. The molecule has 4 nitrogen and oxygen atoms in total. The average Bonchev–Trinajstić information content (AvgIpc) is 2.47. The van der Waals surface area contributed by atoms with Crippen molar-refractivity contribution in [2.24, 2.45) is 0 Å². The van der Waals surface area contributed by atoms with Gasteiger partial charge in [0.2, 0.25) is 0 Å². The molecule has 0 spiro atoms. The molecule has 0 atom stereocenters. The number of ether oxygens (including phenoxy) is 2. The summed E-state index contributed by atoms with van der Waals surface area (Å²) in [5.74, 6) is -2.17. The van der Waals surface area contributed by atoms with Crippen LogP contribution in [0.1, 0.15) is 0 Å². The quantitative estimate of drug-likeness (QED) is 0.742. The lowest BCUT2D eigenvalue weighted by Crippen LogP contribution is -2.22. The number of carbonyl (C=O) groups is 1. The number of benzene rings is 2. The Morgan fingerprint density at radius 1 is 1.12 bits per heavy atom. The Labute approximate surface area is 142 Å². The van der Waals surface area contributed by atoms with Crippen molar-refractivity contribution in [1.82, 2.24) is 0 Å². The second-order valence-electron chi connectivity index (χ2n) is 4.46. The second-order valence-corrected chi connectivity index (χ2v) is 5.37. The molecular formula is C15H10BrF4NO3. The van der Waals surface area contributed by atoms with E-state index < -0.39 is 30.4 Å². The van der Waals surface area contributed by atoms with E-state index in [1.807, 2.05) is 0 Å². The van der Waals surface area contributed by atoms with Gasteiger partial charge in [0.15, 0.2) is 23.9 Å². The first kappa shape index (κ1) is 18.1. The molecular weight excluding hydrogens is 398 g/mol. The zero-order valence-electron chi connectivity index (χ0n) is 11.9. The smallest absolute Gasteiger partial charge is 0.481 e. The molecule has 9 heteroatoms. The van der Waals surface area contributed by atoms with Gasteiger partial charge in [0.25, 0.3) is 5.91 Å². The van der Waals surface area contributed by atoms with E-state index in [2.05, 4.69) is 26.0 Å². The Kier molecular flexibility index (Phi) is 5.66. The topological polar surface area (TPSA) is 47.6 Å². The van der Waals surface area contributed by atoms with Gasteiger partial charge in [-0.05, 0) is 30.3 Å². The van der Waals surface area contributed by atoms with Crippen LogP contribution in [0.2, 0.25) is 0 Å². The first-order valence-corrected chi connectivity index (χ1v) is 7.26.